The number of phenols is 1. The number of ether oxygens (including phenoxy) is 1. The Hall–Kier alpha value is -3.54. The summed E-state index contributed by atoms with van der Waals surface area (Å²) in [6.45, 7) is 11.3. The summed E-state index contributed by atoms with van der Waals surface area (Å²) in [5, 5.41) is 21.8. The Labute approximate surface area is 189 Å². The largest absolute Gasteiger partial charge is 0.504 e. The number of rotatable bonds is 8. The molecular formula is C26H31NO5. The predicted octanol–water partition coefficient (Wildman–Crippen LogP) is 5.01. The highest BCUT2D eigenvalue weighted by Gasteiger charge is 2.15. The van der Waals surface area contributed by atoms with Gasteiger partial charge in [0.15, 0.2) is 11.5 Å². The van der Waals surface area contributed by atoms with Crippen LogP contribution in [0.4, 0.5) is 0 Å². The molecule has 0 heterocycles. The Balaban J connectivity index is 2.27. The molecule has 1 amide bonds. The van der Waals surface area contributed by atoms with Crippen LogP contribution in [0.2, 0.25) is 0 Å². The lowest BCUT2D eigenvalue weighted by Gasteiger charge is -2.14. The van der Waals surface area contributed by atoms with Gasteiger partial charge in [-0.05, 0) is 93.6 Å². The summed E-state index contributed by atoms with van der Waals surface area (Å²) in [5.41, 5.74) is 6.19. The van der Waals surface area contributed by atoms with Crippen molar-refractivity contribution in [3.8, 4) is 22.6 Å². The van der Waals surface area contributed by atoms with Gasteiger partial charge in [-0.3, -0.25) is 9.59 Å². The predicted molar refractivity (Wildman–Crippen MR) is 127 cm³/mol. The summed E-state index contributed by atoms with van der Waals surface area (Å²) in [4.78, 5) is 23.2. The molecule has 6 nitrogen and oxygen atoms in total. The lowest BCUT2D eigenvalue weighted by molar-refractivity contribution is -0.140. The van der Waals surface area contributed by atoms with Crippen molar-refractivity contribution in [3.05, 3.63) is 64.2 Å². The summed E-state index contributed by atoms with van der Waals surface area (Å²) >= 11 is 0. The van der Waals surface area contributed by atoms with Crippen LogP contribution in [0.3, 0.4) is 0 Å². The van der Waals surface area contributed by atoms with Gasteiger partial charge < -0.3 is 20.3 Å². The first kappa shape index (κ1) is 24.7. The SMILES string of the molecule is CC(C)=CCOc1ccc(-c2cc(C)c(C=C(C)C(=O)N[C@H](C)C(=O)O)cc2C)cc1O. The van der Waals surface area contributed by atoms with Crippen molar-refractivity contribution >= 4 is 18.0 Å². The number of aryl methyl sites for hydroxylation is 2. The third-order valence-corrected chi connectivity index (χ3v) is 5.06. The van der Waals surface area contributed by atoms with E-state index >= 15 is 0 Å². The van der Waals surface area contributed by atoms with Crippen LogP contribution in [0.15, 0.2) is 47.6 Å². The third kappa shape index (κ3) is 6.48. The van der Waals surface area contributed by atoms with Crippen molar-refractivity contribution in [3.63, 3.8) is 0 Å². The number of carbonyl (C=O) groups excluding carboxylic acids is 1. The Morgan fingerprint density at radius 3 is 2.38 bits per heavy atom. The molecule has 0 saturated carbocycles. The standard InChI is InChI=1S/C26H31NO5/c1-15(2)9-10-32-24-8-7-20(14-23(24)28)22-13-16(3)21(11-17(22)4)12-18(5)25(29)27-19(6)26(30)31/h7-9,11-14,19,28H,10H2,1-6H3,(H,27,29)(H,30,31)/t19-/m1/s1. The molecule has 0 saturated heterocycles. The molecule has 0 aliphatic rings. The number of hydrogen-bond donors (Lipinski definition) is 3. The van der Waals surface area contributed by atoms with Crippen molar-refractivity contribution in [1.82, 2.24) is 5.32 Å². The Kier molecular flexibility index (Phi) is 8.24. The molecule has 0 aliphatic heterocycles. The Morgan fingerprint density at radius 2 is 1.78 bits per heavy atom. The van der Waals surface area contributed by atoms with Crippen LogP contribution in [-0.4, -0.2) is 34.7 Å². The smallest absolute Gasteiger partial charge is 0.325 e. The minimum Gasteiger partial charge on any atom is -0.504 e. The maximum absolute atomic E-state index is 12.2. The summed E-state index contributed by atoms with van der Waals surface area (Å²) < 4.78 is 5.61. The van der Waals surface area contributed by atoms with Crippen LogP contribution in [0.25, 0.3) is 17.2 Å². The molecule has 0 bridgehead atoms. The second kappa shape index (κ2) is 10.7. The average Bonchev–Trinajstić information content (AvgIpc) is 2.71. The highest BCUT2D eigenvalue weighted by atomic mass is 16.5. The molecule has 2 aromatic carbocycles. The summed E-state index contributed by atoms with van der Waals surface area (Å²) in [6.07, 6.45) is 3.69. The molecule has 0 radical (unpaired) electrons. The van der Waals surface area contributed by atoms with Gasteiger partial charge >= 0.3 is 5.97 Å². The summed E-state index contributed by atoms with van der Waals surface area (Å²) in [6, 6.07) is 8.35. The minimum atomic E-state index is -1.08. The van der Waals surface area contributed by atoms with Crippen molar-refractivity contribution in [2.75, 3.05) is 6.61 Å². The number of hydrogen-bond acceptors (Lipinski definition) is 4. The number of aliphatic carboxylic acids is 1. The molecule has 170 valence electrons. The van der Waals surface area contributed by atoms with Gasteiger partial charge in [0.25, 0.3) is 0 Å². The van der Waals surface area contributed by atoms with Crippen molar-refractivity contribution in [2.24, 2.45) is 0 Å². The monoisotopic (exact) mass is 437 g/mol. The van der Waals surface area contributed by atoms with E-state index in [1.807, 2.05) is 52.0 Å². The van der Waals surface area contributed by atoms with E-state index in [-0.39, 0.29) is 5.75 Å². The molecule has 1 atom stereocenters. The number of aromatic hydroxyl groups is 1. The normalized spacial score (nSPS) is 12.1. The maximum Gasteiger partial charge on any atom is 0.325 e. The average molecular weight is 438 g/mol. The summed E-state index contributed by atoms with van der Waals surface area (Å²) in [5.74, 6) is -1.00. The van der Waals surface area contributed by atoms with E-state index < -0.39 is 17.9 Å². The second-order valence-electron chi connectivity index (χ2n) is 8.16. The molecule has 32 heavy (non-hydrogen) atoms. The number of benzene rings is 2. The maximum atomic E-state index is 12.2. The first-order chi connectivity index (χ1) is 15.0. The fraction of sp³-hybridized carbons (Fsp3) is 0.308. The molecule has 2 rings (SSSR count). The van der Waals surface area contributed by atoms with Gasteiger partial charge in [0.1, 0.15) is 12.6 Å². The van der Waals surface area contributed by atoms with Gasteiger partial charge in [-0.25, -0.2) is 0 Å². The first-order valence-corrected chi connectivity index (χ1v) is 10.4. The molecule has 0 aromatic heterocycles. The number of nitrogens with one attached hydrogen (secondary N) is 1. The molecule has 6 heteroatoms. The molecule has 0 unspecified atom stereocenters. The van der Waals surface area contributed by atoms with Gasteiger partial charge in [-0.15, -0.1) is 0 Å². The van der Waals surface area contributed by atoms with Crippen LogP contribution in [0, 0.1) is 13.8 Å². The fourth-order valence-corrected chi connectivity index (χ4v) is 3.08. The number of allylic oxidation sites excluding steroid dienone is 1. The Morgan fingerprint density at radius 1 is 1.09 bits per heavy atom. The number of carbonyl (C=O) groups is 2. The highest BCUT2D eigenvalue weighted by molar-refractivity contribution is 5.99. The highest BCUT2D eigenvalue weighted by Crippen LogP contribution is 2.34. The lowest BCUT2D eigenvalue weighted by atomic mass is 9.94. The molecule has 2 aromatic rings. The summed E-state index contributed by atoms with van der Waals surface area (Å²) in [7, 11) is 0. The number of carboxylic acids is 1. The van der Waals surface area contributed by atoms with E-state index in [0.717, 1.165) is 33.4 Å². The van der Waals surface area contributed by atoms with E-state index in [1.54, 1.807) is 25.1 Å². The second-order valence-corrected chi connectivity index (χ2v) is 8.16. The number of carboxylic acid groups (broad SMARTS) is 1. The molecule has 0 aliphatic carbocycles. The van der Waals surface area contributed by atoms with Crippen molar-refractivity contribution < 1.29 is 24.5 Å². The van der Waals surface area contributed by atoms with Crippen LogP contribution in [0.1, 0.15) is 44.4 Å². The zero-order chi connectivity index (χ0) is 24.0. The van der Waals surface area contributed by atoms with Crippen molar-refractivity contribution in [1.29, 1.82) is 0 Å². The lowest BCUT2D eigenvalue weighted by Crippen LogP contribution is -2.38. The quantitative estimate of drug-likeness (QED) is 0.398. The van der Waals surface area contributed by atoms with Crippen LogP contribution in [0.5, 0.6) is 11.5 Å². The van der Waals surface area contributed by atoms with Crippen molar-refractivity contribution in [2.45, 2.75) is 47.6 Å². The third-order valence-electron chi connectivity index (χ3n) is 5.06. The first-order valence-electron chi connectivity index (χ1n) is 10.4. The van der Waals surface area contributed by atoms with Gasteiger partial charge in [-0.1, -0.05) is 23.8 Å². The Bertz CT molecular complexity index is 1080. The van der Waals surface area contributed by atoms with E-state index in [4.69, 9.17) is 9.84 Å². The molecule has 3 N–H and O–H groups in total. The minimum absolute atomic E-state index is 0.0748. The molecule has 0 fully saturated rings. The van der Waals surface area contributed by atoms with E-state index in [0.29, 0.717) is 17.9 Å². The van der Waals surface area contributed by atoms with Crippen LogP contribution >= 0.6 is 0 Å². The van der Waals surface area contributed by atoms with E-state index in [2.05, 4.69) is 5.32 Å². The number of phenolic OH excluding ortho intramolecular Hbond substituents is 1. The fourth-order valence-electron chi connectivity index (χ4n) is 3.08. The topological polar surface area (TPSA) is 95.9 Å². The molecular weight excluding hydrogens is 406 g/mol. The van der Waals surface area contributed by atoms with Gasteiger partial charge in [0.2, 0.25) is 5.91 Å². The zero-order valence-corrected chi connectivity index (χ0v) is 19.4. The van der Waals surface area contributed by atoms with Gasteiger partial charge in [0.05, 0.1) is 0 Å². The van der Waals surface area contributed by atoms with Crippen LogP contribution < -0.4 is 10.1 Å². The van der Waals surface area contributed by atoms with Gasteiger partial charge in [-0.2, -0.15) is 0 Å². The van der Waals surface area contributed by atoms with E-state index in [9.17, 15) is 14.7 Å². The molecule has 0 spiro atoms. The zero-order valence-electron chi connectivity index (χ0n) is 19.4. The van der Waals surface area contributed by atoms with Gasteiger partial charge in [0, 0.05) is 5.57 Å². The van der Waals surface area contributed by atoms with E-state index in [1.165, 1.54) is 6.92 Å². The number of amides is 1. The van der Waals surface area contributed by atoms with Crippen LogP contribution in [-0.2, 0) is 9.59 Å².